The van der Waals surface area contributed by atoms with Gasteiger partial charge in [-0.15, -0.1) is 0 Å². The predicted molar refractivity (Wildman–Crippen MR) is 62.9 cm³/mol. The van der Waals surface area contributed by atoms with Gasteiger partial charge < -0.3 is 0 Å². The van der Waals surface area contributed by atoms with E-state index in [1.54, 1.807) is 11.8 Å². The summed E-state index contributed by atoms with van der Waals surface area (Å²) in [6, 6.07) is 5.72. The molecule has 0 unspecified atom stereocenters. The molecule has 0 fully saturated rings. The topological polar surface area (TPSA) is 17.1 Å². The van der Waals surface area contributed by atoms with Crippen LogP contribution in [-0.4, -0.2) is 16.8 Å². The van der Waals surface area contributed by atoms with Crippen LogP contribution in [0.4, 0.5) is 4.39 Å². The Morgan fingerprint density at radius 2 is 1.93 bits per heavy atom. The van der Waals surface area contributed by atoms with Gasteiger partial charge in [0.05, 0.1) is 0 Å². The first-order chi connectivity index (χ1) is 7.09. The fourth-order valence-corrected chi connectivity index (χ4v) is 1.94. The molecule has 0 atom stereocenters. The molecule has 0 aromatic heterocycles. The molecule has 1 rings (SSSR count). The molecule has 0 spiro atoms. The molecule has 0 heterocycles. The lowest BCUT2D eigenvalue weighted by molar-refractivity contribution is 0.0989. The van der Waals surface area contributed by atoms with Crippen LogP contribution in [0.15, 0.2) is 24.3 Å². The number of rotatable bonds is 5. The summed E-state index contributed by atoms with van der Waals surface area (Å²) in [5, 5.41) is 0.547. The van der Waals surface area contributed by atoms with E-state index < -0.39 is 0 Å². The van der Waals surface area contributed by atoms with Crippen molar-refractivity contribution in [1.29, 1.82) is 0 Å². The van der Waals surface area contributed by atoms with E-state index in [2.05, 4.69) is 13.8 Å². The second-order valence-corrected chi connectivity index (χ2v) is 5.28. The molecular formula is C12H15FOS. The highest BCUT2D eigenvalue weighted by Crippen LogP contribution is 2.13. The highest BCUT2D eigenvalue weighted by molar-refractivity contribution is 7.99. The Morgan fingerprint density at radius 3 is 2.47 bits per heavy atom. The van der Waals surface area contributed by atoms with E-state index in [1.807, 2.05) is 0 Å². The molecule has 0 N–H and O–H groups in total. The number of hydrogen-bond acceptors (Lipinski definition) is 2. The van der Waals surface area contributed by atoms with Gasteiger partial charge in [0.15, 0.2) is 5.78 Å². The number of hydrogen-bond donors (Lipinski definition) is 0. The van der Waals surface area contributed by atoms with Gasteiger partial charge in [-0.1, -0.05) is 13.8 Å². The number of thioether (sulfide) groups is 1. The zero-order chi connectivity index (χ0) is 11.3. The van der Waals surface area contributed by atoms with Gasteiger partial charge in [0, 0.05) is 17.7 Å². The van der Waals surface area contributed by atoms with Gasteiger partial charge in [0.2, 0.25) is 0 Å². The van der Waals surface area contributed by atoms with Crippen molar-refractivity contribution in [2.75, 3.05) is 5.75 Å². The van der Waals surface area contributed by atoms with Crippen LogP contribution < -0.4 is 0 Å². The number of carbonyl (C=O) groups is 1. The van der Waals surface area contributed by atoms with E-state index in [9.17, 15) is 9.18 Å². The SMILES string of the molecule is CC(C)SCCC(=O)c1ccc(F)cc1. The van der Waals surface area contributed by atoms with E-state index in [0.717, 1.165) is 5.75 Å². The molecule has 0 bridgehead atoms. The maximum Gasteiger partial charge on any atom is 0.163 e. The zero-order valence-corrected chi connectivity index (χ0v) is 9.81. The second-order valence-electron chi connectivity index (χ2n) is 3.60. The minimum absolute atomic E-state index is 0.0863. The van der Waals surface area contributed by atoms with Crippen molar-refractivity contribution in [1.82, 2.24) is 0 Å². The van der Waals surface area contributed by atoms with Crippen molar-refractivity contribution in [2.24, 2.45) is 0 Å². The van der Waals surface area contributed by atoms with Gasteiger partial charge in [-0.3, -0.25) is 4.79 Å². The van der Waals surface area contributed by atoms with Crippen molar-refractivity contribution in [2.45, 2.75) is 25.5 Å². The molecule has 0 aliphatic rings. The number of benzene rings is 1. The lowest BCUT2D eigenvalue weighted by Gasteiger charge is -2.04. The smallest absolute Gasteiger partial charge is 0.163 e. The van der Waals surface area contributed by atoms with Crippen LogP contribution in [0.3, 0.4) is 0 Å². The molecule has 0 saturated heterocycles. The van der Waals surface area contributed by atoms with Crippen LogP contribution in [0.1, 0.15) is 30.6 Å². The lowest BCUT2D eigenvalue weighted by Crippen LogP contribution is -2.02. The van der Waals surface area contributed by atoms with Gasteiger partial charge in [-0.05, 0) is 29.5 Å². The van der Waals surface area contributed by atoms with Crippen LogP contribution in [0.5, 0.6) is 0 Å². The maximum atomic E-state index is 12.6. The van der Waals surface area contributed by atoms with Gasteiger partial charge in [-0.25, -0.2) is 4.39 Å². The monoisotopic (exact) mass is 226 g/mol. The molecule has 3 heteroatoms. The third-order valence-corrected chi connectivity index (χ3v) is 3.05. The third-order valence-electron chi connectivity index (χ3n) is 1.95. The van der Waals surface area contributed by atoms with Crippen molar-refractivity contribution in [3.8, 4) is 0 Å². The summed E-state index contributed by atoms with van der Waals surface area (Å²) in [6.07, 6.45) is 0.522. The molecular weight excluding hydrogens is 211 g/mol. The summed E-state index contributed by atoms with van der Waals surface area (Å²) in [7, 11) is 0. The maximum absolute atomic E-state index is 12.6. The van der Waals surface area contributed by atoms with Gasteiger partial charge in [0.25, 0.3) is 0 Å². The van der Waals surface area contributed by atoms with Gasteiger partial charge in [0.1, 0.15) is 5.82 Å². The van der Waals surface area contributed by atoms with E-state index in [4.69, 9.17) is 0 Å². The largest absolute Gasteiger partial charge is 0.294 e. The first-order valence-electron chi connectivity index (χ1n) is 5.00. The Hall–Kier alpha value is -0.830. The Labute approximate surface area is 94.1 Å². The van der Waals surface area contributed by atoms with E-state index in [0.29, 0.717) is 17.2 Å². The fourth-order valence-electron chi connectivity index (χ4n) is 1.17. The van der Waals surface area contributed by atoms with Gasteiger partial charge >= 0.3 is 0 Å². The van der Waals surface area contributed by atoms with Crippen LogP contribution in [0.25, 0.3) is 0 Å². The first-order valence-corrected chi connectivity index (χ1v) is 6.05. The summed E-state index contributed by atoms with van der Waals surface area (Å²) in [6.45, 7) is 4.21. The molecule has 0 saturated carbocycles. The highest BCUT2D eigenvalue weighted by atomic mass is 32.2. The van der Waals surface area contributed by atoms with E-state index in [-0.39, 0.29) is 11.6 Å². The number of ketones is 1. The molecule has 0 aliphatic carbocycles. The fraction of sp³-hybridized carbons (Fsp3) is 0.417. The van der Waals surface area contributed by atoms with Crippen molar-refractivity contribution >= 4 is 17.5 Å². The first kappa shape index (κ1) is 12.2. The Balaban J connectivity index is 2.43. The average Bonchev–Trinajstić information content (AvgIpc) is 2.18. The van der Waals surface area contributed by atoms with Crippen molar-refractivity contribution in [3.05, 3.63) is 35.6 Å². The summed E-state index contributed by atoms with van der Waals surface area (Å²) in [5.74, 6) is 0.611. The molecule has 15 heavy (non-hydrogen) atoms. The molecule has 1 aromatic rings. The normalized spacial score (nSPS) is 10.7. The minimum Gasteiger partial charge on any atom is -0.294 e. The predicted octanol–water partition coefficient (Wildman–Crippen LogP) is 3.54. The Morgan fingerprint density at radius 1 is 1.33 bits per heavy atom. The Kier molecular flexibility index (Phi) is 4.82. The summed E-state index contributed by atoms with van der Waals surface area (Å²) >= 11 is 1.76. The highest BCUT2D eigenvalue weighted by Gasteiger charge is 2.06. The summed E-state index contributed by atoms with van der Waals surface area (Å²) in [5.41, 5.74) is 0.598. The molecule has 1 aromatic carbocycles. The summed E-state index contributed by atoms with van der Waals surface area (Å²) < 4.78 is 12.6. The van der Waals surface area contributed by atoms with E-state index in [1.165, 1.54) is 24.3 Å². The van der Waals surface area contributed by atoms with E-state index >= 15 is 0 Å². The van der Waals surface area contributed by atoms with Crippen LogP contribution in [0.2, 0.25) is 0 Å². The molecule has 0 aliphatic heterocycles. The number of Topliss-reactive ketones (excluding diaryl/α,β-unsaturated/α-hetero) is 1. The van der Waals surface area contributed by atoms with Gasteiger partial charge in [-0.2, -0.15) is 11.8 Å². The standard InChI is InChI=1S/C12H15FOS/c1-9(2)15-8-7-12(14)10-3-5-11(13)6-4-10/h3-6,9H,7-8H2,1-2H3. The average molecular weight is 226 g/mol. The molecule has 1 nitrogen and oxygen atoms in total. The second kappa shape index (κ2) is 5.91. The van der Waals surface area contributed by atoms with Crippen molar-refractivity contribution in [3.63, 3.8) is 0 Å². The Bertz CT molecular complexity index is 319. The van der Waals surface area contributed by atoms with Crippen LogP contribution in [-0.2, 0) is 0 Å². The quantitative estimate of drug-likeness (QED) is 0.714. The lowest BCUT2D eigenvalue weighted by atomic mass is 10.1. The number of halogens is 1. The van der Waals surface area contributed by atoms with Crippen LogP contribution in [0, 0.1) is 5.82 Å². The third kappa shape index (κ3) is 4.47. The van der Waals surface area contributed by atoms with Crippen molar-refractivity contribution < 1.29 is 9.18 Å². The van der Waals surface area contributed by atoms with Crippen LogP contribution >= 0.6 is 11.8 Å². The number of carbonyl (C=O) groups excluding carboxylic acids is 1. The summed E-state index contributed by atoms with van der Waals surface area (Å²) in [4.78, 5) is 11.6. The minimum atomic E-state index is -0.303. The molecule has 0 amide bonds. The molecule has 82 valence electrons. The zero-order valence-electron chi connectivity index (χ0n) is 9.00. The molecule has 0 radical (unpaired) electrons.